The number of amides is 1. The minimum absolute atomic E-state index is 0.0122. The zero-order valence-electron chi connectivity index (χ0n) is 9.95. The van der Waals surface area contributed by atoms with Crippen LogP contribution in [-0.4, -0.2) is 35.7 Å². The maximum absolute atomic E-state index is 11.3. The summed E-state index contributed by atoms with van der Waals surface area (Å²) in [5, 5.41) is 19.9. The molecule has 0 radical (unpaired) electrons. The second kappa shape index (κ2) is 8.43. The number of carbonyl (C=O) groups excluding carboxylic acids is 1. The van der Waals surface area contributed by atoms with Crippen molar-refractivity contribution in [2.24, 2.45) is 5.41 Å². The second-order valence-electron chi connectivity index (χ2n) is 4.42. The highest BCUT2D eigenvalue weighted by Gasteiger charge is 2.17. The molecule has 0 aliphatic heterocycles. The van der Waals surface area contributed by atoms with Gasteiger partial charge < -0.3 is 10.4 Å². The van der Waals surface area contributed by atoms with E-state index in [0.717, 1.165) is 12.8 Å². The van der Waals surface area contributed by atoms with Crippen molar-refractivity contribution in [3.8, 4) is 6.07 Å². The van der Waals surface area contributed by atoms with Gasteiger partial charge in [-0.15, -0.1) is 11.8 Å². The van der Waals surface area contributed by atoms with E-state index >= 15 is 0 Å². The summed E-state index contributed by atoms with van der Waals surface area (Å²) in [5.74, 6) is 0.655. The van der Waals surface area contributed by atoms with Gasteiger partial charge in [0.15, 0.2) is 0 Å². The van der Waals surface area contributed by atoms with Crippen LogP contribution in [0.5, 0.6) is 0 Å². The van der Waals surface area contributed by atoms with Gasteiger partial charge in [-0.3, -0.25) is 4.79 Å². The van der Waals surface area contributed by atoms with E-state index in [0.29, 0.717) is 18.1 Å². The van der Waals surface area contributed by atoms with Gasteiger partial charge in [-0.2, -0.15) is 5.26 Å². The van der Waals surface area contributed by atoms with Crippen LogP contribution >= 0.6 is 11.8 Å². The highest BCUT2D eigenvalue weighted by atomic mass is 32.2. The average molecular weight is 244 g/mol. The Kier molecular flexibility index (Phi) is 8.04. The van der Waals surface area contributed by atoms with E-state index in [1.165, 1.54) is 11.8 Å². The van der Waals surface area contributed by atoms with E-state index < -0.39 is 0 Å². The summed E-state index contributed by atoms with van der Waals surface area (Å²) >= 11 is 1.32. The quantitative estimate of drug-likeness (QED) is 0.628. The summed E-state index contributed by atoms with van der Waals surface area (Å²) in [6.45, 7) is 4.92. The first kappa shape index (κ1) is 15.3. The van der Waals surface area contributed by atoms with E-state index in [2.05, 4.69) is 19.2 Å². The molecule has 0 fully saturated rings. The van der Waals surface area contributed by atoms with Crippen molar-refractivity contribution in [1.82, 2.24) is 5.32 Å². The highest BCUT2D eigenvalue weighted by molar-refractivity contribution is 8.00. The molecule has 0 rings (SSSR count). The van der Waals surface area contributed by atoms with E-state index in [1.54, 1.807) is 0 Å². The lowest BCUT2D eigenvalue weighted by atomic mass is 9.88. The Morgan fingerprint density at radius 1 is 1.56 bits per heavy atom. The summed E-state index contributed by atoms with van der Waals surface area (Å²) in [4.78, 5) is 11.3. The molecule has 1 amide bonds. The van der Waals surface area contributed by atoms with Crippen molar-refractivity contribution in [2.75, 3.05) is 24.7 Å². The molecule has 0 spiro atoms. The lowest BCUT2D eigenvalue weighted by Crippen LogP contribution is -2.35. The van der Waals surface area contributed by atoms with E-state index in [4.69, 9.17) is 10.4 Å². The number of carbonyl (C=O) groups is 1. The summed E-state index contributed by atoms with van der Waals surface area (Å²) in [6, 6.07) is 1.98. The van der Waals surface area contributed by atoms with Gasteiger partial charge in [0.05, 0.1) is 17.6 Å². The number of aliphatic hydroxyl groups is 1. The van der Waals surface area contributed by atoms with Crippen LogP contribution in [0.15, 0.2) is 0 Å². The van der Waals surface area contributed by atoms with Gasteiger partial charge in [-0.25, -0.2) is 0 Å². The molecule has 0 aliphatic carbocycles. The van der Waals surface area contributed by atoms with E-state index in [1.807, 2.05) is 6.07 Å². The van der Waals surface area contributed by atoms with E-state index in [9.17, 15) is 4.79 Å². The fraction of sp³-hybridized carbons (Fsp3) is 0.818. The van der Waals surface area contributed by atoms with Crippen molar-refractivity contribution in [2.45, 2.75) is 26.7 Å². The van der Waals surface area contributed by atoms with Crippen LogP contribution < -0.4 is 5.32 Å². The van der Waals surface area contributed by atoms with Crippen LogP contribution in [0, 0.1) is 16.7 Å². The van der Waals surface area contributed by atoms with Gasteiger partial charge in [-0.1, -0.05) is 13.8 Å². The van der Waals surface area contributed by atoms with Gasteiger partial charge >= 0.3 is 0 Å². The molecule has 0 heterocycles. The van der Waals surface area contributed by atoms with Gasteiger partial charge in [0, 0.05) is 13.2 Å². The van der Waals surface area contributed by atoms with Crippen LogP contribution in [0.1, 0.15) is 26.7 Å². The van der Waals surface area contributed by atoms with Gasteiger partial charge in [-0.05, 0) is 18.3 Å². The topological polar surface area (TPSA) is 73.1 Å². The first-order valence-electron chi connectivity index (χ1n) is 5.34. The summed E-state index contributed by atoms with van der Waals surface area (Å²) in [7, 11) is 0. The number of nitriles is 1. The lowest BCUT2D eigenvalue weighted by molar-refractivity contribution is -0.119. The molecule has 4 nitrogen and oxygen atoms in total. The Morgan fingerprint density at radius 2 is 2.25 bits per heavy atom. The van der Waals surface area contributed by atoms with Crippen LogP contribution in [0.4, 0.5) is 0 Å². The fourth-order valence-electron chi connectivity index (χ4n) is 1.22. The number of hydrogen-bond donors (Lipinski definition) is 2. The maximum Gasteiger partial charge on any atom is 0.230 e. The molecule has 0 saturated carbocycles. The van der Waals surface area contributed by atoms with E-state index in [-0.39, 0.29) is 17.9 Å². The van der Waals surface area contributed by atoms with Crippen molar-refractivity contribution in [1.29, 1.82) is 5.26 Å². The number of hydrogen-bond acceptors (Lipinski definition) is 4. The molecule has 0 unspecified atom stereocenters. The summed E-state index contributed by atoms with van der Waals surface area (Å²) < 4.78 is 0. The number of nitrogens with one attached hydrogen (secondary N) is 1. The van der Waals surface area contributed by atoms with Crippen LogP contribution in [0.2, 0.25) is 0 Å². The zero-order valence-corrected chi connectivity index (χ0v) is 10.8. The Balaban J connectivity index is 3.69. The minimum Gasteiger partial charge on any atom is -0.396 e. The molecule has 16 heavy (non-hydrogen) atoms. The minimum atomic E-state index is -0.0303. The number of nitrogens with zero attached hydrogens (tertiary/aromatic N) is 1. The molecule has 0 aromatic rings. The third-order valence-electron chi connectivity index (χ3n) is 2.18. The Bertz CT molecular complexity index is 249. The predicted octanol–water partition coefficient (Wildman–Crippen LogP) is 1.16. The molecule has 2 N–H and O–H groups in total. The molecule has 0 aliphatic rings. The highest BCUT2D eigenvalue weighted by Crippen LogP contribution is 2.20. The van der Waals surface area contributed by atoms with Gasteiger partial charge in [0.2, 0.25) is 5.91 Å². The molecule has 0 atom stereocenters. The van der Waals surface area contributed by atoms with Crippen molar-refractivity contribution in [3.63, 3.8) is 0 Å². The molecule has 0 bridgehead atoms. The summed E-state index contributed by atoms with van der Waals surface area (Å²) in [6.07, 6.45) is 1.64. The molecular formula is C11H20N2O2S. The molecule has 92 valence electrons. The molecule has 0 aromatic heterocycles. The third-order valence-corrected chi connectivity index (χ3v) is 2.98. The lowest BCUT2D eigenvalue weighted by Gasteiger charge is -2.24. The Morgan fingerprint density at radius 3 is 2.81 bits per heavy atom. The molecule has 0 aromatic carbocycles. The monoisotopic (exact) mass is 244 g/mol. The number of thioether (sulfide) groups is 1. The van der Waals surface area contributed by atoms with Crippen LogP contribution in [0.3, 0.4) is 0 Å². The van der Waals surface area contributed by atoms with Crippen molar-refractivity contribution in [3.05, 3.63) is 0 Å². The van der Waals surface area contributed by atoms with Crippen molar-refractivity contribution < 1.29 is 9.90 Å². The average Bonchev–Trinajstić information content (AvgIpc) is 2.24. The molecule has 0 saturated heterocycles. The Labute approximate surface area is 101 Å². The zero-order chi connectivity index (χ0) is 12.4. The SMILES string of the molecule is CC(C)(CCCO)CNC(=O)CSCC#N. The van der Waals surface area contributed by atoms with Crippen molar-refractivity contribution >= 4 is 17.7 Å². The standard InChI is InChI=1S/C11H20N2O2S/c1-11(2,4-3-6-14)9-13-10(15)8-16-7-5-12/h14H,3-4,6-9H2,1-2H3,(H,13,15). The summed E-state index contributed by atoms with van der Waals surface area (Å²) in [5.41, 5.74) is 0.0122. The third kappa shape index (κ3) is 8.57. The Hall–Kier alpha value is -0.730. The number of rotatable bonds is 8. The first-order chi connectivity index (χ1) is 7.52. The fourth-order valence-corrected chi connectivity index (χ4v) is 1.71. The first-order valence-corrected chi connectivity index (χ1v) is 6.49. The molecule has 5 heteroatoms. The maximum atomic E-state index is 11.3. The molecular weight excluding hydrogens is 224 g/mol. The predicted molar refractivity (Wildman–Crippen MR) is 66.0 cm³/mol. The largest absolute Gasteiger partial charge is 0.396 e. The van der Waals surface area contributed by atoms with Gasteiger partial charge in [0.25, 0.3) is 0 Å². The van der Waals surface area contributed by atoms with Gasteiger partial charge in [0.1, 0.15) is 0 Å². The number of aliphatic hydroxyl groups excluding tert-OH is 1. The second-order valence-corrected chi connectivity index (χ2v) is 5.40. The normalized spacial score (nSPS) is 10.9. The van der Waals surface area contributed by atoms with Crippen LogP contribution in [-0.2, 0) is 4.79 Å². The smallest absolute Gasteiger partial charge is 0.230 e. The van der Waals surface area contributed by atoms with Crippen LogP contribution in [0.25, 0.3) is 0 Å².